The summed E-state index contributed by atoms with van der Waals surface area (Å²) >= 11 is 0. The van der Waals surface area contributed by atoms with Gasteiger partial charge in [-0.25, -0.2) is 0 Å². The van der Waals surface area contributed by atoms with Gasteiger partial charge in [-0.15, -0.1) is 0 Å². The fourth-order valence-electron chi connectivity index (χ4n) is 2.28. The number of anilines is 2. The zero-order chi connectivity index (χ0) is 14.1. The minimum atomic E-state index is -0.392. The van der Waals surface area contributed by atoms with Gasteiger partial charge >= 0.3 is 0 Å². The van der Waals surface area contributed by atoms with E-state index in [1.807, 2.05) is 17.0 Å². The Morgan fingerprint density at radius 2 is 2.00 bits per heavy atom. The van der Waals surface area contributed by atoms with Crippen LogP contribution in [0.4, 0.5) is 17.1 Å². The summed E-state index contributed by atoms with van der Waals surface area (Å²) in [6, 6.07) is 12.8. The van der Waals surface area contributed by atoms with E-state index in [2.05, 4.69) is 19.1 Å². The minimum absolute atomic E-state index is 0.0735. The van der Waals surface area contributed by atoms with Gasteiger partial charge in [-0.05, 0) is 30.2 Å². The predicted molar refractivity (Wildman–Crippen MR) is 76.6 cm³/mol. The Labute approximate surface area is 116 Å². The molecule has 1 aliphatic heterocycles. The van der Waals surface area contributed by atoms with Gasteiger partial charge in [0.05, 0.1) is 10.6 Å². The largest absolute Gasteiger partial charge is 0.471 e. The van der Waals surface area contributed by atoms with Crippen molar-refractivity contribution in [1.82, 2.24) is 0 Å². The van der Waals surface area contributed by atoms with E-state index < -0.39 is 4.92 Å². The molecule has 2 aromatic carbocycles. The molecule has 5 heteroatoms. The molecule has 0 aromatic heterocycles. The number of ether oxygens (including phenoxy) is 1. The first-order valence-electron chi connectivity index (χ1n) is 6.47. The maximum absolute atomic E-state index is 10.9. The van der Waals surface area contributed by atoms with Crippen molar-refractivity contribution in [3.63, 3.8) is 0 Å². The van der Waals surface area contributed by atoms with Gasteiger partial charge in [0, 0.05) is 17.8 Å². The SMILES string of the molecule is CCc1ccc(N2COc3ccc([N+](=O)[O-])cc32)cc1. The highest BCUT2D eigenvalue weighted by atomic mass is 16.6. The number of hydrogen-bond donors (Lipinski definition) is 0. The van der Waals surface area contributed by atoms with Crippen LogP contribution in [0, 0.1) is 10.1 Å². The molecule has 0 aliphatic carbocycles. The van der Waals surface area contributed by atoms with Crippen molar-refractivity contribution < 1.29 is 9.66 Å². The zero-order valence-electron chi connectivity index (χ0n) is 11.1. The summed E-state index contributed by atoms with van der Waals surface area (Å²) < 4.78 is 5.56. The molecule has 2 aromatic rings. The van der Waals surface area contributed by atoms with E-state index in [0.29, 0.717) is 12.5 Å². The molecular weight excluding hydrogens is 256 g/mol. The minimum Gasteiger partial charge on any atom is -0.471 e. The standard InChI is InChI=1S/C15H14N2O3/c1-2-11-3-5-12(6-4-11)16-10-20-15-8-7-13(17(18)19)9-14(15)16/h3-9H,2,10H2,1H3. The molecule has 0 atom stereocenters. The van der Waals surface area contributed by atoms with Crippen molar-refractivity contribution in [3.8, 4) is 5.75 Å². The second-order valence-electron chi connectivity index (χ2n) is 4.63. The van der Waals surface area contributed by atoms with Gasteiger partial charge in [0.25, 0.3) is 5.69 Å². The number of nitrogens with zero attached hydrogens (tertiary/aromatic N) is 2. The number of nitro groups is 1. The molecule has 1 aliphatic rings. The number of rotatable bonds is 3. The van der Waals surface area contributed by atoms with Crippen molar-refractivity contribution in [2.24, 2.45) is 0 Å². The summed E-state index contributed by atoms with van der Waals surface area (Å²) in [5.74, 6) is 0.676. The fraction of sp³-hybridized carbons (Fsp3) is 0.200. The molecule has 0 bridgehead atoms. The van der Waals surface area contributed by atoms with Crippen LogP contribution in [0.15, 0.2) is 42.5 Å². The van der Waals surface area contributed by atoms with E-state index in [4.69, 9.17) is 4.74 Å². The van der Waals surface area contributed by atoms with E-state index in [-0.39, 0.29) is 5.69 Å². The molecule has 20 heavy (non-hydrogen) atoms. The molecule has 1 heterocycles. The normalized spacial score (nSPS) is 12.9. The summed E-state index contributed by atoms with van der Waals surface area (Å²) in [5, 5.41) is 10.9. The van der Waals surface area contributed by atoms with E-state index >= 15 is 0 Å². The van der Waals surface area contributed by atoms with E-state index in [0.717, 1.165) is 17.8 Å². The van der Waals surface area contributed by atoms with Crippen molar-refractivity contribution in [3.05, 3.63) is 58.1 Å². The Bertz CT molecular complexity index is 653. The highest BCUT2D eigenvalue weighted by molar-refractivity contribution is 5.73. The Balaban J connectivity index is 1.98. The first-order chi connectivity index (χ1) is 9.69. The van der Waals surface area contributed by atoms with Crippen molar-refractivity contribution in [1.29, 1.82) is 0 Å². The first-order valence-corrected chi connectivity index (χ1v) is 6.47. The second-order valence-corrected chi connectivity index (χ2v) is 4.63. The quantitative estimate of drug-likeness (QED) is 0.631. The summed E-state index contributed by atoms with van der Waals surface area (Å²) in [6.07, 6.45) is 0.985. The maximum Gasteiger partial charge on any atom is 0.271 e. The Morgan fingerprint density at radius 3 is 2.65 bits per heavy atom. The molecule has 5 nitrogen and oxygen atoms in total. The highest BCUT2D eigenvalue weighted by Gasteiger charge is 2.24. The molecular formula is C15H14N2O3. The Kier molecular flexibility index (Phi) is 3.02. The molecule has 0 spiro atoms. The molecule has 102 valence electrons. The zero-order valence-corrected chi connectivity index (χ0v) is 11.1. The highest BCUT2D eigenvalue weighted by Crippen LogP contribution is 2.40. The van der Waals surface area contributed by atoms with Crippen molar-refractivity contribution in [2.45, 2.75) is 13.3 Å². The van der Waals surface area contributed by atoms with Gasteiger partial charge in [0.2, 0.25) is 0 Å². The molecule has 0 unspecified atom stereocenters. The lowest BCUT2D eigenvalue weighted by Gasteiger charge is -2.16. The van der Waals surface area contributed by atoms with E-state index in [1.165, 1.54) is 11.6 Å². The van der Waals surface area contributed by atoms with Gasteiger partial charge in [-0.2, -0.15) is 0 Å². The lowest BCUT2D eigenvalue weighted by atomic mass is 10.1. The molecule has 0 radical (unpaired) electrons. The van der Waals surface area contributed by atoms with Crippen LogP contribution in [0.5, 0.6) is 5.75 Å². The van der Waals surface area contributed by atoms with Crippen LogP contribution in [-0.2, 0) is 6.42 Å². The third-order valence-corrected chi connectivity index (χ3v) is 3.45. The summed E-state index contributed by atoms with van der Waals surface area (Å²) in [6.45, 7) is 2.48. The van der Waals surface area contributed by atoms with Gasteiger partial charge in [-0.3, -0.25) is 10.1 Å². The maximum atomic E-state index is 10.9. The van der Waals surface area contributed by atoms with Gasteiger partial charge < -0.3 is 9.64 Å². The predicted octanol–water partition coefficient (Wildman–Crippen LogP) is 3.65. The number of nitro benzene ring substituents is 1. The summed E-state index contributed by atoms with van der Waals surface area (Å²) in [5.41, 5.74) is 3.04. The number of hydrogen-bond acceptors (Lipinski definition) is 4. The number of benzene rings is 2. The van der Waals surface area contributed by atoms with Crippen molar-refractivity contribution >= 4 is 17.1 Å². The Hall–Kier alpha value is -2.56. The smallest absolute Gasteiger partial charge is 0.271 e. The van der Waals surface area contributed by atoms with Crippen LogP contribution in [0.25, 0.3) is 0 Å². The molecule has 0 fully saturated rings. The lowest BCUT2D eigenvalue weighted by molar-refractivity contribution is -0.384. The average molecular weight is 270 g/mol. The van der Waals surface area contributed by atoms with Gasteiger partial charge in [-0.1, -0.05) is 19.1 Å². The van der Waals surface area contributed by atoms with Gasteiger partial charge in [0.1, 0.15) is 5.75 Å². The van der Waals surface area contributed by atoms with E-state index in [1.54, 1.807) is 12.1 Å². The van der Waals surface area contributed by atoms with Crippen LogP contribution in [0.3, 0.4) is 0 Å². The molecule has 3 rings (SSSR count). The monoisotopic (exact) mass is 270 g/mol. The Morgan fingerprint density at radius 1 is 1.25 bits per heavy atom. The number of aryl methyl sites for hydroxylation is 1. The van der Waals surface area contributed by atoms with Crippen LogP contribution < -0.4 is 9.64 Å². The van der Waals surface area contributed by atoms with Crippen LogP contribution >= 0.6 is 0 Å². The lowest BCUT2D eigenvalue weighted by Crippen LogP contribution is -2.15. The molecule has 0 saturated carbocycles. The van der Waals surface area contributed by atoms with Crippen LogP contribution in [0.2, 0.25) is 0 Å². The topological polar surface area (TPSA) is 55.6 Å². The average Bonchev–Trinajstić information content (AvgIpc) is 2.90. The molecule has 0 saturated heterocycles. The molecule has 0 amide bonds. The second kappa shape index (κ2) is 4.85. The number of non-ortho nitro benzene ring substituents is 1. The summed E-state index contributed by atoms with van der Waals surface area (Å²) in [7, 11) is 0. The first kappa shape index (κ1) is 12.5. The van der Waals surface area contributed by atoms with Gasteiger partial charge in [0.15, 0.2) is 6.73 Å². The third-order valence-electron chi connectivity index (χ3n) is 3.45. The number of fused-ring (bicyclic) bond motifs is 1. The van der Waals surface area contributed by atoms with Crippen molar-refractivity contribution in [2.75, 3.05) is 11.6 Å². The fourth-order valence-corrected chi connectivity index (χ4v) is 2.28. The summed E-state index contributed by atoms with van der Waals surface area (Å²) in [4.78, 5) is 12.4. The van der Waals surface area contributed by atoms with E-state index in [9.17, 15) is 10.1 Å². The van der Waals surface area contributed by atoms with Crippen LogP contribution in [-0.4, -0.2) is 11.7 Å². The van der Waals surface area contributed by atoms with Crippen LogP contribution in [0.1, 0.15) is 12.5 Å². The molecule has 0 N–H and O–H groups in total. The third kappa shape index (κ3) is 2.07.